The Balaban J connectivity index is 1.56. The van der Waals surface area contributed by atoms with Crippen LogP contribution < -0.4 is 10.6 Å². The van der Waals surface area contributed by atoms with Gasteiger partial charge in [-0.3, -0.25) is 9.59 Å². The molecule has 0 saturated heterocycles. The second kappa shape index (κ2) is 10.3. The van der Waals surface area contributed by atoms with Crippen LogP contribution in [0, 0.1) is 0 Å². The molecule has 0 saturated carbocycles. The van der Waals surface area contributed by atoms with Gasteiger partial charge in [0, 0.05) is 17.8 Å². The number of thioether (sulfide) groups is 1. The second-order valence-corrected chi connectivity index (χ2v) is 7.80. The van der Waals surface area contributed by atoms with Crippen molar-refractivity contribution in [3.8, 4) is 0 Å². The van der Waals surface area contributed by atoms with E-state index in [1.165, 1.54) is 18.7 Å². The normalized spacial score (nSPS) is 10.6. The molecule has 0 spiro atoms. The topological polar surface area (TPSA) is 88.9 Å². The predicted molar refractivity (Wildman–Crippen MR) is 120 cm³/mol. The molecule has 3 rings (SSSR count). The van der Waals surface area contributed by atoms with Gasteiger partial charge in [-0.1, -0.05) is 35.5 Å². The van der Waals surface area contributed by atoms with E-state index in [0.717, 1.165) is 11.5 Å². The monoisotopic (exact) mass is 443 g/mol. The molecule has 1 heterocycles. The molecule has 0 radical (unpaired) electrons. The minimum Gasteiger partial charge on any atom is -0.377 e. The van der Waals surface area contributed by atoms with Gasteiger partial charge in [-0.2, -0.15) is 0 Å². The van der Waals surface area contributed by atoms with E-state index in [0.29, 0.717) is 34.5 Å². The van der Waals surface area contributed by atoms with Gasteiger partial charge in [0.1, 0.15) is 0 Å². The van der Waals surface area contributed by atoms with Crippen LogP contribution in [0.15, 0.2) is 53.7 Å². The average molecular weight is 444 g/mol. The smallest absolute Gasteiger partial charge is 0.234 e. The number of benzene rings is 2. The van der Waals surface area contributed by atoms with E-state index >= 15 is 0 Å². The van der Waals surface area contributed by atoms with E-state index in [1.54, 1.807) is 24.3 Å². The zero-order chi connectivity index (χ0) is 21.5. The maximum atomic E-state index is 12.3. The summed E-state index contributed by atoms with van der Waals surface area (Å²) in [6, 6.07) is 14.3. The molecular weight excluding hydrogens is 422 g/mol. The molecule has 1 aromatic heterocycles. The molecule has 0 bridgehead atoms. The average Bonchev–Trinajstić information content (AvgIpc) is 3.14. The summed E-state index contributed by atoms with van der Waals surface area (Å²) in [5.41, 5.74) is 2.08. The van der Waals surface area contributed by atoms with Gasteiger partial charge >= 0.3 is 0 Å². The Kier molecular flexibility index (Phi) is 7.48. The van der Waals surface area contributed by atoms with Crippen LogP contribution in [-0.4, -0.2) is 32.2 Å². The third kappa shape index (κ3) is 5.61. The van der Waals surface area contributed by atoms with Crippen LogP contribution in [0.1, 0.15) is 30.0 Å². The van der Waals surface area contributed by atoms with Crippen molar-refractivity contribution in [2.45, 2.75) is 32.1 Å². The van der Waals surface area contributed by atoms with E-state index in [9.17, 15) is 9.59 Å². The molecule has 3 aromatic rings. The lowest BCUT2D eigenvalue weighted by Gasteiger charge is -2.10. The molecular formula is C21H22ClN5O2S. The lowest BCUT2D eigenvalue weighted by molar-refractivity contribution is -0.113. The van der Waals surface area contributed by atoms with Crippen LogP contribution in [0.5, 0.6) is 0 Å². The van der Waals surface area contributed by atoms with Gasteiger partial charge in [-0.25, -0.2) is 0 Å². The van der Waals surface area contributed by atoms with Gasteiger partial charge in [-0.15, -0.1) is 10.2 Å². The molecule has 2 N–H and O–H groups in total. The highest BCUT2D eigenvalue weighted by Gasteiger charge is 2.14. The molecule has 156 valence electrons. The number of carbonyl (C=O) groups is 2. The summed E-state index contributed by atoms with van der Waals surface area (Å²) in [4.78, 5) is 23.6. The van der Waals surface area contributed by atoms with Crippen molar-refractivity contribution in [2.24, 2.45) is 0 Å². The van der Waals surface area contributed by atoms with Gasteiger partial charge in [0.05, 0.1) is 23.0 Å². The number of nitrogens with zero attached hydrogens (tertiary/aromatic N) is 3. The van der Waals surface area contributed by atoms with Crippen molar-refractivity contribution < 1.29 is 9.59 Å². The number of carbonyl (C=O) groups excluding carboxylic acids is 2. The van der Waals surface area contributed by atoms with Crippen LogP contribution in [-0.2, 0) is 17.9 Å². The van der Waals surface area contributed by atoms with E-state index < -0.39 is 0 Å². The molecule has 7 nitrogen and oxygen atoms in total. The highest BCUT2D eigenvalue weighted by molar-refractivity contribution is 7.99. The van der Waals surface area contributed by atoms with E-state index in [-0.39, 0.29) is 17.4 Å². The number of halogens is 1. The first-order valence-electron chi connectivity index (χ1n) is 9.42. The number of para-hydroxylation sites is 1. The van der Waals surface area contributed by atoms with E-state index in [4.69, 9.17) is 11.6 Å². The Bertz CT molecular complexity index is 1040. The van der Waals surface area contributed by atoms with Crippen LogP contribution in [0.3, 0.4) is 0 Å². The molecule has 0 unspecified atom stereocenters. The van der Waals surface area contributed by atoms with Crippen LogP contribution in [0.25, 0.3) is 0 Å². The lowest BCUT2D eigenvalue weighted by Crippen LogP contribution is -2.15. The molecule has 0 aliphatic heterocycles. The quantitative estimate of drug-likeness (QED) is 0.374. The minimum absolute atomic E-state index is 0.0119. The number of anilines is 2. The summed E-state index contributed by atoms with van der Waals surface area (Å²) in [5, 5.41) is 15.9. The van der Waals surface area contributed by atoms with Crippen molar-refractivity contribution >= 4 is 46.4 Å². The zero-order valence-corrected chi connectivity index (χ0v) is 18.3. The lowest BCUT2D eigenvalue weighted by atomic mass is 10.1. The number of aromatic nitrogens is 3. The first kappa shape index (κ1) is 21.9. The molecule has 0 fully saturated rings. The summed E-state index contributed by atoms with van der Waals surface area (Å²) in [7, 11) is 0. The molecule has 0 atom stereocenters. The number of rotatable bonds is 9. The maximum absolute atomic E-state index is 12.3. The number of nitrogens with one attached hydrogen (secondary N) is 2. The Hall–Kier alpha value is -2.84. The molecule has 0 aliphatic carbocycles. The molecule has 30 heavy (non-hydrogen) atoms. The van der Waals surface area contributed by atoms with Crippen LogP contribution >= 0.6 is 23.4 Å². The minimum atomic E-state index is -0.156. The number of Topliss-reactive ketones (excluding diaryl/α,β-unsaturated/α-hetero) is 1. The highest BCUT2D eigenvalue weighted by atomic mass is 35.5. The van der Waals surface area contributed by atoms with E-state index in [1.807, 2.05) is 35.8 Å². The van der Waals surface area contributed by atoms with Crippen molar-refractivity contribution in [3.63, 3.8) is 0 Å². The Morgan fingerprint density at radius 1 is 1.10 bits per heavy atom. The van der Waals surface area contributed by atoms with Crippen molar-refractivity contribution in [1.29, 1.82) is 0 Å². The van der Waals surface area contributed by atoms with Gasteiger partial charge in [0.15, 0.2) is 16.8 Å². The van der Waals surface area contributed by atoms with Crippen molar-refractivity contribution in [3.05, 3.63) is 64.9 Å². The fourth-order valence-corrected chi connectivity index (χ4v) is 3.79. The highest BCUT2D eigenvalue weighted by Crippen LogP contribution is 2.22. The van der Waals surface area contributed by atoms with Crippen molar-refractivity contribution in [2.75, 3.05) is 16.4 Å². The summed E-state index contributed by atoms with van der Waals surface area (Å²) in [5.74, 6) is 0.796. The first-order valence-corrected chi connectivity index (χ1v) is 10.8. The Morgan fingerprint density at radius 3 is 2.50 bits per heavy atom. The van der Waals surface area contributed by atoms with Gasteiger partial charge < -0.3 is 15.2 Å². The Morgan fingerprint density at radius 2 is 1.83 bits per heavy atom. The number of ketones is 1. The fourth-order valence-electron chi connectivity index (χ4n) is 2.77. The number of hydrogen-bond acceptors (Lipinski definition) is 6. The summed E-state index contributed by atoms with van der Waals surface area (Å²) < 4.78 is 1.96. The molecule has 9 heteroatoms. The molecule has 1 amide bonds. The number of hydrogen-bond donors (Lipinski definition) is 2. The van der Waals surface area contributed by atoms with E-state index in [2.05, 4.69) is 20.8 Å². The third-order valence-corrected chi connectivity index (χ3v) is 5.62. The molecule has 2 aromatic carbocycles. The van der Waals surface area contributed by atoms with Gasteiger partial charge in [-0.05, 0) is 50.2 Å². The fraction of sp³-hybridized carbons (Fsp3) is 0.238. The molecule has 0 aliphatic rings. The first-order chi connectivity index (χ1) is 14.5. The third-order valence-electron chi connectivity index (χ3n) is 4.33. The summed E-state index contributed by atoms with van der Waals surface area (Å²) in [6.45, 7) is 4.66. The van der Waals surface area contributed by atoms with Gasteiger partial charge in [0.2, 0.25) is 5.91 Å². The zero-order valence-electron chi connectivity index (χ0n) is 16.7. The largest absolute Gasteiger partial charge is 0.377 e. The van der Waals surface area contributed by atoms with Crippen molar-refractivity contribution in [1.82, 2.24) is 14.8 Å². The maximum Gasteiger partial charge on any atom is 0.234 e. The Labute approximate surface area is 184 Å². The summed E-state index contributed by atoms with van der Waals surface area (Å²) >= 11 is 7.50. The van der Waals surface area contributed by atoms with Crippen LogP contribution in [0.2, 0.25) is 5.02 Å². The van der Waals surface area contributed by atoms with Gasteiger partial charge in [0.25, 0.3) is 0 Å². The second-order valence-electron chi connectivity index (χ2n) is 6.45. The summed E-state index contributed by atoms with van der Waals surface area (Å²) in [6.07, 6.45) is 0. The van der Waals surface area contributed by atoms with Crippen LogP contribution in [0.4, 0.5) is 11.4 Å². The SMILES string of the molecule is CCn1c(CNc2ccccc2Cl)nnc1SCC(=O)Nc1ccc(C(C)=O)cc1. The standard InChI is InChI=1S/C21H22ClN5O2S/c1-3-27-19(12-23-18-7-5-4-6-17(18)22)25-26-21(27)30-13-20(29)24-16-10-8-15(9-11-16)14(2)28/h4-11,23H,3,12-13H2,1-2H3,(H,24,29). The predicted octanol–water partition coefficient (Wildman–Crippen LogP) is 4.50. The number of amides is 1.